The van der Waals surface area contributed by atoms with E-state index in [9.17, 15) is 4.79 Å². The number of hydrogen-bond donors (Lipinski definition) is 2. The van der Waals surface area contributed by atoms with Gasteiger partial charge in [-0.15, -0.1) is 0 Å². The third kappa shape index (κ3) is 3.56. The summed E-state index contributed by atoms with van der Waals surface area (Å²) in [7, 11) is 0. The zero-order valence-corrected chi connectivity index (χ0v) is 8.90. The van der Waals surface area contributed by atoms with Gasteiger partial charge in [0.1, 0.15) is 0 Å². The van der Waals surface area contributed by atoms with Gasteiger partial charge < -0.3 is 11.1 Å². The van der Waals surface area contributed by atoms with Crippen molar-refractivity contribution in [2.75, 3.05) is 11.5 Å². The fourth-order valence-corrected chi connectivity index (χ4v) is 2.42. The Labute approximate surface area is 83.8 Å². The smallest absolute Gasteiger partial charge is 0.237 e. The van der Waals surface area contributed by atoms with Gasteiger partial charge in [-0.05, 0) is 25.0 Å². The molecule has 1 rings (SSSR count). The zero-order chi connectivity index (χ0) is 9.68. The largest absolute Gasteiger partial charge is 0.351 e. The van der Waals surface area contributed by atoms with Crippen LogP contribution < -0.4 is 11.1 Å². The molecule has 0 aromatic carbocycles. The number of carbonyl (C=O) groups is 1. The quantitative estimate of drug-likeness (QED) is 0.709. The second kappa shape index (κ2) is 5.50. The summed E-state index contributed by atoms with van der Waals surface area (Å²) < 4.78 is 0. The highest BCUT2D eigenvalue weighted by Crippen LogP contribution is 2.16. The Hall–Kier alpha value is -0.220. The van der Waals surface area contributed by atoms with E-state index in [0.29, 0.717) is 12.5 Å². The van der Waals surface area contributed by atoms with E-state index in [1.807, 2.05) is 18.7 Å². The molecule has 1 saturated heterocycles. The van der Waals surface area contributed by atoms with E-state index in [0.717, 1.165) is 12.2 Å². The summed E-state index contributed by atoms with van der Waals surface area (Å²) in [4.78, 5) is 11.4. The van der Waals surface area contributed by atoms with Crippen LogP contribution >= 0.6 is 11.8 Å². The molecule has 0 aromatic heterocycles. The van der Waals surface area contributed by atoms with Crippen LogP contribution in [-0.4, -0.2) is 29.5 Å². The summed E-state index contributed by atoms with van der Waals surface area (Å²) in [5, 5.41) is 2.98. The van der Waals surface area contributed by atoms with Crippen molar-refractivity contribution in [3.8, 4) is 0 Å². The van der Waals surface area contributed by atoms with Gasteiger partial charge in [-0.25, -0.2) is 0 Å². The molecule has 3 N–H and O–H groups in total. The van der Waals surface area contributed by atoms with Crippen LogP contribution in [0.15, 0.2) is 0 Å². The van der Waals surface area contributed by atoms with E-state index in [-0.39, 0.29) is 11.9 Å². The lowest BCUT2D eigenvalue weighted by molar-refractivity contribution is -0.123. The van der Waals surface area contributed by atoms with Gasteiger partial charge in [0.05, 0.1) is 6.04 Å². The Morgan fingerprint density at radius 1 is 1.77 bits per heavy atom. The van der Waals surface area contributed by atoms with Crippen molar-refractivity contribution in [3.63, 3.8) is 0 Å². The predicted octanol–water partition coefficient (Wildman–Crippen LogP) is 0.735. The fourth-order valence-electron chi connectivity index (χ4n) is 1.35. The van der Waals surface area contributed by atoms with Crippen LogP contribution in [0.2, 0.25) is 0 Å². The first-order valence-electron chi connectivity index (χ1n) is 4.87. The minimum absolute atomic E-state index is 0.00926. The molecule has 0 saturated carbocycles. The Kier molecular flexibility index (Phi) is 4.59. The maximum absolute atomic E-state index is 11.4. The van der Waals surface area contributed by atoms with E-state index in [4.69, 9.17) is 5.73 Å². The van der Waals surface area contributed by atoms with E-state index in [1.165, 1.54) is 12.2 Å². The lowest BCUT2D eigenvalue weighted by atomic mass is 10.1. The van der Waals surface area contributed by atoms with Crippen molar-refractivity contribution in [1.82, 2.24) is 5.32 Å². The number of hydrogen-bond acceptors (Lipinski definition) is 3. The molecule has 2 atom stereocenters. The van der Waals surface area contributed by atoms with Crippen molar-refractivity contribution in [2.45, 2.75) is 38.3 Å². The molecule has 76 valence electrons. The molecule has 0 aromatic rings. The van der Waals surface area contributed by atoms with Crippen molar-refractivity contribution < 1.29 is 4.79 Å². The SMILES string of the molecule is CCC(N)C(=O)NC1CCCSC1. The maximum Gasteiger partial charge on any atom is 0.237 e. The molecule has 2 unspecified atom stereocenters. The first kappa shape index (κ1) is 10.9. The number of amides is 1. The normalized spacial score (nSPS) is 25.2. The predicted molar refractivity (Wildman–Crippen MR) is 56.8 cm³/mol. The highest BCUT2D eigenvalue weighted by atomic mass is 32.2. The van der Waals surface area contributed by atoms with Crippen molar-refractivity contribution >= 4 is 17.7 Å². The fraction of sp³-hybridized carbons (Fsp3) is 0.889. The van der Waals surface area contributed by atoms with E-state index in [1.54, 1.807) is 0 Å². The first-order valence-corrected chi connectivity index (χ1v) is 6.03. The lowest BCUT2D eigenvalue weighted by Gasteiger charge is -2.23. The van der Waals surface area contributed by atoms with Crippen molar-refractivity contribution in [2.24, 2.45) is 5.73 Å². The first-order chi connectivity index (χ1) is 6.24. The third-order valence-corrected chi connectivity index (χ3v) is 3.50. The number of thioether (sulfide) groups is 1. The molecule has 1 amide bonds. The topological polar surface area (TPSA) is 55.1 Å². The zero-order valence-electron chi connectivity index (χ0n) is 8.08. The standard InChI is InChI=1S/C9H18N2OS/c1-2-8(10)9(12)11-7-4-3-5-13-6-7/h7-8H,2-6,10H2,1H3,(H,11,12). The second-order valence-corrected chi connectivity index (χ2v) is 4.59. The molecule has 0 bridgehead atoms. The van der Waals surface area contributed by atoms with Crippen LogP contribution in [0.5, 0.6) is 0 Å². The highest BCUT2D eigenvalue weighted by Gasteiger charge is 2.18. The van der Waals surface area contributed by atoms with E-state index < -0.39 is 0 Å². The second-order valence-electron chi connectivity index (χ2n) is 3.44. The van der Waals surface area contributed by atoms with Gasteiger partial charge in [0.2, 0.25) is 5.91 Å². The van der Waals surface area contributed by atoms with Gasteiger partial charge in [0.25, 0.3) is 0 Å². The minimum Gasteiger partial charge on any atom is -0.351 e. The summed E-state index contributed by atoms with van der Waals surface area (Å²) in [6, 6.07) is 0.0239. The summed E-state index contributed by atoms with van der Waals surface area (Å²) in [6.07, 6.45) is 3.03. The monoisotopic (exact) mass is 202 g/mol. The van der Waals surface area contributed by atoms with Gasteiger partial charge in [-0.2, -0.15) is 11.8 Å². The minimum atomic E-state index is -0.327. The third-order valence-electron chi connectivity index (χ3n) is 2.28. The van der Waals surface area contributed by atoms with Gasteiger partial charge in [-0.3, -0.25) is 4.79 Å². The molecular weight excluding hydrogens is 184 g/mol. The van der Waals surface area contributed by atoms with Crippen molar-refractivity contribution in [1.29, 1.82) is 0 Å². The number of rotatable bonds is 3. The average Bonchev–Trinajstić information content (AvgIpc) is 2.18. The molecule has 13 heavy (non-hydrogen) atoms. The summed E-state index contributed by atoms with van der Waals surface area (Å²) in [5.74, 6) is 2.28. The van der Waals surface area contributed by atoms with Gasteiger partial charge >= 0.3 is 0 Å². The Balaban J connectivity index is 2.26. The molecule has 1 heterocycles. The molecule has 3 nitrogen and oxygen atoms in total. The number of nitrogens with two attached hydrogens (primary N) is 1. The lowest BCUT2D eigenvalue weighted by Crippen LogP contribution is -2.46. The molecule has 0 radical (unpaired) electrons. The average molecular weight is 202 g/mol. The van der Waals surface area contributed by atoms with Crippen LogP contribution in [0, 0.1) is 0 Å². The Bertz CT molecular complexity index is 169. The van der Waals surface area contributed by atoms with Crippen LogP contribution in [0.4, 0.5) is 0 Å². The molecule has 4 heteroatoms. The molecule has 1 aliphatic heterocycles. The molecular formula is C9H18N2OS. The van der Waals surface area contributed by atoms with Gasteiger partial charge in [0, 0.05) is 11.8 Å². The number of nitrogens with one attached hydrogen (secondary N) is 1. The molecule has 1 fully saturated rings. The van der Waals surface area contributed by atoms with Crippen LogP contribution in [0.25, 0.3) is 0 Å². The summed E-state index contributed by atoms with van der Waals surface area (Å²) >= 11 is 1.91. The van der Waals surface area contributed by atoms with E-state index in [2.05, 4.69) is 5.32 Å². The van der Waals surface area contributed by atoms with Crippen molar-refractivity contribution in [3.05, 3.63) is 0 Å². The number of carbonyl (C=O) groups excluding carboxylic acids is 1. The summed E-state index contributed by atoms with van der Waals surface area (Å²) in [6.45, 7) is 1.93. The molecule has 1 aliphatic rings. The highest BCUT2D eigenvalue weighted by molar-refractivity contribution is 7.99. The van der Waals surface area contributed by atoms with Crippen LogP contribution in [0.3, 0.4) is 0 Å². The Morgan fingerprint density at radius 3 is 3.08 bits per heavy atom. The summed E-state index contributed by atoms with van der Waals surface area (Å²) in [5.41, 5.74) is 5.61. The van der Waals surface area contributed by atoms with Crippen LogP contribution in [0.1, 0.15) is 26.2 Å². The maximum atomic E-state index is 11.4. The van der Waals surface area contributed by atoms with Gasteiger partial charge in [-0.1, -0.05) is 6.92 Å². The molecule has 0 spiro atoms. The Morgan fingerprint density at radius 2 is 2.54 bits per heavy atom. The van der Waals surface area contributed by atoms with E-state index >= 15 is 0 Å². The van der Waals surface area contributed by atoms with Gasteiger partial charge in [0.15, 0.2) is 0 Å². The molecule has 0 aliphatic carbocycles. The van der Waals surface area contributed by atoms with Crippen LogP contribution in [-0.2, 0) is 4.79 Å².